The second-order valence-electron chi connectivity index (χ2n) is 10.2. The summed E-state index contributed by atoms with van der Waals surface area (Å²) in [5.74, 6) is 0.787. The van der Waals surface area contributed by atoms with Gasteiger partial charge in [0.1, 0.15) is 0 Å². The molecule has 0 saturated carbocycles. The molecule has 0 unspecified atom stereocenters. The summed E-state index contributed by atoms with van der Waals surface area (Å²) in [4.78, 5) is 15.6. The summed E-state index contributed by atoms with van der Waals surface area (Å²) < 4.78 is 37.8. The minimum absolute atomic E-state index is 0.251. The number of fused-ring (bicyclic) bond motifs is 1. The molecule has 10 heteroatoms. The van der Waals surface area contributed by atoms with Crippen LogP contribution in [0.4, 0.5) is 17.1 Å². The molecule has 2 aliphatic heterocycles. The molecule has 1 fully saturated rings. The third-order valence-electron chi connectivity index (χ3n) is 7.47. The Hall–Kier alpha value is -4.02. The highest BCUT2D eigenvalue weighted by Gasteiger charge is 2.30. The second-order valence-corrected chi connectivity index (χ2v) is 12.1. The van der Waals surface area contributed by atoms with Crippen LogP contribution in [0.25, 0.3) is 11.3 Å². The summed E-state index contributed by atoms with van der Waals surface area (Å²) in [6.45, 7) is 3.10. The minimum Gasteiger partial charge on any atom is -0.493 e. The van der Waals surface area contributed by atoms with Gasteiger partial charge in [-0.15, -0.1) is 0 Å². The van der Waals surface area contributed by atoms with Crippen LogP contribution in [0.15, 0.2) is 66.7 Å². The Bertz CT molecular complexity index is 1530. The van der Waals surface area contributed by atoms with Gasteiger partial charge in [0, 0.05) is 30.4 Å². The number of rotatable bonds is 10. The minimum atomic E-state index is -3.46. The quantitative estimate of drug-likeness (QED) is 0.332. The SMILES string of the molecule is COc1cc2c(cc1OC)/C(=C(/Nc1ccc(N(CCN3CCCCC3)S(C)(=O)=O)cc1)c1ccccc1)C(=O)N2. The van der Waals surface area contributed by atoms with E-state index in [9.17, 15) is 13.2 Å². The molecule has 0 radical (unpaired) electrons. The van der Waals surface area contributed by atoms with E-state index in [1.165, 1.54) is 17.0 Å². The van der Waals surface area contributed by atoms with Crippen LogP contribution >= 0.6 is 0 Å². The topological polar surface area (TPSA) is 100 Å². The van der Waals surface area contributed by atoms with Crippen molar-refractivity contribution in [2.45, 2.75) is 19.3 Å². The van der Waals surface area contributed by atoms with Crippen molar-refractivity contribution >= 4 is 44.3 Å². The number of sulfonamides is 1. The number of benzene rings is 3. The summed E-state index contributed by atoms with van der Waals surface area (Å²) in [7, 11) is -0.352. The van der Waals surface area contributed by atoms with Crippen molar-refractivity contribution < 1.29 is 22.7 Å². The molecule has 0 aromatic heterocycles. The molecule has 5 rings (SSSR count). The van der Waals surface area contributed by atoms with E-state index in [0.29, 0.717) is 58.5 Å². The Balaban J connectivity index is 1.48. The smallest absolute Gasteiger partial charge is 0.258 e. The fraction of sp³-hybridized carbons (Fsp3) is 0.323. The van der Waals surface area contributed by atoms with Crippen molar-refractivity contribution in [2.24, 2.45) is 0 Å². The Kier molecular flexibility index (Phi) is 8.51. The molecule has 9 nitrogen and oxygen atoms in total. The van der Waals surface area contributed by atoms with Gasteiger partial charge in [-0.25, -0.2) is 8.42 Å². The van der Waals surface area contributed by atoms with Gasteiger partial charge >= 0.3 is 0 Å². The van der Waals surface area contributed by atoms with E-state index in [0.717, 1.165) is 31.5 Å². The number of hydrogen-bond donors (Lipinski definition) is 2. The molecule has 2 heterocycles. The number of hydrogen-bond acceptors (Lipinski definition) is 7. The van der Waals surface area contributed by atoms with Crippen LogP contribution in [0.3, 0.4) is 0 Å². The highest BCUT2D eigenvalue weighted by molar-refractivity contribution is 7.92. The standard InChI is InChI=1S/C31H36N4O5S/c1-39-27-20-25-26(21-28(27)40-2)33-31(36)29(25)30(22-10-6-4-7-11-22)32-23-12-14-24(15-13-23)35(41(3,37)38)19-18-34-16-8-5-9-17-34/h4,6-7,10-15,20-21,32H,5,8-9,16-19H2,1-3H3,(H,33,36)/b30-29-. The van der Waals surface area contributed by atoms with Gasteiger partial charge in [0.05, 0.1) is 43.1 Å². The number of carbonyl (C=O) groups excluding carboxylic acids is 1. The molecule has 0 bridgehead atoms. The van der Waals surface area contributed by atoms with Crippen LogP contribution in [0.2, 0.25) is 0 Å². The lowest BCUT2D eigenvalue weighted by Gasteiger charge is -2.30. The average molecular weight is 577 g/mol. The first-order chi connectivity index (χ1) is 19.8. The van der Waals surface area contributed by atoms with Crippen LogP contribution in [-0.4, -0.2) is 65.9 Å². The van der Waals surface area contributed by atoms with E-state index in [1.807, 2.05) is 42.5 Å². The zero-order chi connectivity index (χ0) is 29.0. The molecule has 3 aromatic rings. The lowest BCUT2D eigenvalue weighted by atomic mass is 9.99. The molecular formula is C31H36N4O5S. The predicted octanol–water partition coefficient (Wildman–Crippen LogP) is 4.89. The van der Waals surface area contributed by atoms with Crippen molar-refractivity contribution in [3.8, 4) is 11.5 Å². The van der Waals surface area contributed by atoms with Crippen molar-refractivity contribution in [3.63, 3.8) is 0 Å². The fourth-order valence-corrected chi connectivity index (χ4v) is 6.30. The molecule has 3 aromatic carbocycles. The Morgan fingerprint density at radius 2 is 1.61 bits per heavy atom. The van der Waals surface area contributed by atoms with E-state index in [1.54, 1.807) is 38.5 Å². The lowest BCUT2D eigenvalue weighted by molar-refractivity contribution is -0.110. The zero-order valence-corrected chi connectivity index (χ0v) is 24.5. The number of nitrogens with one attached hydrogen (secondary N) is 2. The van der Waals surface area contributed by atoms with Gasteiger partial charge in [-0.2, -0.15) is 0 Å². The molecule has 2 aliphatic rings. The fourth-order valence-electron chi connectivity index (χ4n) is 5.39. The molecular weight excluding hydrogens is 540 g/mol. The summed E-state index contributed by atoms with van der Waals surface area (Å²) in [5.41, 5.74) is 4.55. The number of anilines is 3. The third kappa shape index (κ3) is 6.34. The van der Waals surface area contributed by atoms with Gasteiger partial charge in [0.15, 0.2) is 11.5 Å². The maximum atomic E-state index is 13.3. The molecule has 216 valence electrons. The van der Waals surface area contributed by atoms with Gasteiger partial charge in [0.2, 0.25) is 10.0 Å². The van der Waals surface area contributed by atoms with Crippen LogP contribution < -0.4 is 24.4 Å². The summed E-state index contributed by atoms with van der Waals surface area (Å²) in [6, 6.07) is 20.4. The Morgan fingerprint density at radius 1 is 0.951 bits per heavy atom. The average Bonchev–Trinajstić information content (AvgIpc) is 3.30. The van der Waals surface area contributed by atoms with Gasteiger partial charge in [-0.05, 0) is 61.8 Å². The molecule has 0 atom stereocenters. The summed E-state index contributed by atoms with van der Waals surface area (Å²) in [6.07, 6.45) is 4.78. The molecule has 1 amide bonds. The van der Waals surface area contributed by atoms with Crippen LogP contribution in [0.5, 0.6) is 11.5 Å². The number of methoxy groups -OCH3 is 2. The van der Waals surface area contributed by atoms with E-state index in [-0.39, 0.29) is 5.91 Å². The maximum Gasteiger partial charge on any atom is 0.258 e. The van der Waals surface area contributed by atoms with E-state index in [2.05, 4.69) is 15.5 Å². The van der Waals surface area contributed by atoms with Gasteiger partial charge < -0.3 is 25.0 Å². The van der Waals surface area contributed by atoms with Crippen LogP contribution in [0.1, 0.15) is 30.4 Å². The van der Waals surface area contributed by atoms with Crippen molar-refractivity contribution in [1.82, 2.24) is 4.90 Å². The summed E-state index contributed by atoms with van der Waals surface area (Å²) in [5, 5.41) is 6.38. The van der Waals surface area contributed by atoms with Crippen LogP contribution in [0, 0.1) is 0 Å². The first-order valence-corrected chi connectivity index (χ1v) is 15.6. The number of amides is 1. The van der Waals surface area contributed by atoms with Crippen LogP contribution in [-0.2, 0) is 14.8 Å². The molecule has 2 N–H and O–H groups in total. The normalized spacial score (nSPS) is 16.5. The molecule has 0 aliphatic carbocycles. The van der Waals surface area contributed by atoms with E-state index >= 15 is 0 Å². The Morgan fingerprint density at radius 3 is 2.24 bits per heavy atom. The number of ether oxygens (including phenoxy) is 2. The largest absolute Gasteiger partial charge is 0.493 e. The highest BCUT2D eigenvalue weighted by Crippen LogP contribution is 2.43. The first kappa shape index (κ1) is 28.5. The predicted molar refractivity (Wildman–Crippen MR) is 164 cm³/mol. The number of carbonyl (C=O) groups is 1. The monoisotopic (exact) mass is 576 g/mol. The third-order valence-corrected chi connectivity index (χ3v) is 8.67. The Labute approximate surface area is 241 Å². The number of likely N-dealkylation sites (tertiary alicyclic amines) is 1. The van der Waals surface area contributed by atoms with Gasteiger partial charge in [0.25, 0.3) is 5.91 Å². The van der Waals surface area contributed by atoms with Gasteiger partial charge in [-0.1, -0.05) is 36.8 Å². The molecule has 0 spiro atoms. The highest BCUT2D eigenvalue weighted by atomic mass is 32.2. The first-order valence-electron chi connectivity index (χ1n) is 13.7. The van der Waals surface area contributed by atoms with Crippen molar-refractivity contribution in [2.75, 3.05) is 61.6 Å². The molecule has 41 heavy (non-hydrogen) atoms. The molecule has 1 saturated heterocycles. The lowest BCUT2D eigenvalue weighted by Crippen LogP contribution is -2.40. The van der Waals surface area contributed by atoms with Crippen molar-refractivity contribution in [1.29, 1.82) is 0 Å². The maximum absolute atomic E-state index is 13.3. The number of piperidine rings is 1. The van der Waals surface area contributed by atoms with E-state index < -0.39 is 10.0 Å². The van der Waals surface area contributed by atoms with Crippen molar-refractivity contribution in [3.05, 3.63) is 77.9 Å². The number of nitrogens with zero attached hydrogens (tertiary/aromatic N) is 2. The van der Waals surface area contributed by atoms with Gasteiger partial charge in [-0.3, -0.25) is 9.10 Å². The summed E-state index contributed by atoms with van der Waals surface area (Å²) >= 11 is 0. The second kappa shape index (κ2) is 12.2. The zero-order valence-electron chi connectivity index (χ0n) is 23.6. The van der Waals surface area contributed by atoms with E-state index in [4.69, 9.17) is 9.47 Å².